The smallest absolute Gasteiger partial charge is 0.295 e. The van der Waals surface area contributed by atoms with E-state index in [1.165, 1.54) is 4.68 Å². The highest BCUT2D eigenvalue weighted by Crippen LogP contribution is 2.22. The molecule has 34 heavy (non-hydrogen) atoms. The van der Waals surface area contributed by atoms with Crippen LogP contribution in [0.5, 0.6) is 0 Å². The van der Waals surface area contributed by atoms with Crippen LogP contribution < -0.4 is 10.5 Å². The summed E-state index contributed by atoms with van der Waals surface area (Å²) in [4.78, 5) is 30.8. The summed E-state index contributed by atoms with van der Waals surface area (Å²) in [7, 11) is 0. The van der Waals surface area contributed by atoms with Gasteiger partial charge in [-0.3, -0.25) is 9.59 Å². The molecule has 4 aromatic rings. The number of piperazine rings is 1. The summed E-state index contributed by atoms with van der Waals surface area (Å²) in [6, 6.07) is 19.2. The molecule has 1 atom stereocenters. The number of aryl methyl sites for hydroxylation is 2. The van der Waals surface area contributed by atoms with Gasteiger partial charge in [0.1, 0.15) is 6.04 Å². The average Bonchev–Trinajstić information content (AvgIpc) is 3.24. The topological polar surface area (TPSA) is 76.3 Å². The Morgan fingerprint density at radius 3 is 2.06 bits per heavy atom. The van der Waals surface area contributed by atoms with Gasteiger partial charge in [-0.25, -0.2) is 9.36 Å². The summed E-state index contributed by atoms with van der Waals surface area (Å²) < 4.78 is 3.06. The highest BCUT2D eigenvalue weighted by molar-refractivity contribution is 5.84. The zero-order valence-electron chi connectivity index (χ0n) is 19.7. The highest BCUT2D eigenvalue weighted by atomic mass is 16.2. The van der Waals surface area contributed by atoms with Crippen molar-refractivity contribution in [3.63, 3.8) is 0 Å². The van der Waals surface area contributed by atoms with E-state index >= 15 is 0 Å². The molecule has 0 spiro atoms. The van der Waals surface area contributed by atoms with Gasteiger partial charge in [0, 0.05) is 31.9 Å². The van der Waals surface area contributed by atoms with Gasteiger partial charge in [-0.05, 0) is 45.0 Å². The maximum Gasteiger partial charge on any atom is 0.295 e. The first-order valence-corrected chi connectivity index (χ1v) is 11.6. The molecule has 1 amide bonds. The molecule has 0 aliphatic carbocycles. The molecule has 2 aromatic heterocycles. The number of hydrogen-bond donors (Lipinski definition) is 0. The number of fused-ring (bicyclic) bond motifs is 1. The molecule has 1 fully saturated rings. The summed E-state index contributed by atoms with van der Waals surface area (Å²) in [6.07, 6.45) is 0. The predicted octanol–water partition coefficient (Wildman–Crippen LogP) is 3.11. The molecule has 5 rings (SSSR count). The Kier molecular flexibility index (Phi) is 5.65. The zero-order chi connectivity index (χ0) is 23.8. The average molecular weight is 457 g/mol. The monoisotopic (exact) mass is 456 g/mol. The number of benzene rings is 2. The van der Waals surface area contributed by atoms with Crippen molar-refractivity contribution in [2.75, 3.05) is 31.1 Å². The van der Waals surface area contributed by atoms with E-state index in [1.807, 2.05) is 67.3 Å². The van der Waals surface area contributed by atoms with Crippen LogP contribution in [0.2, 0.25) is 0 Å². The number of amides is 1. The number of nitrogens with zero attached hydrogens (tertiary/aromatic N) is 6. The fourth-order valence-corrected chi connectivity index (χ4v) is 4.73. The Morgan fingerprint density at radius 2 is 1.44 bits per heavy atom. The molecule has 0 saturated carbocycles. The van der Waals surface area contributed by atoms with E-state index in [-0.39, 0.29) is 11.5 Å². The Balaban J connectivity index is 1.41. The van der Waals surface area contributed by atoms with E-state index in [2.05, 4.69) is 27.2 Å². The second-order valence-electron chi connectivity index (χ2n) is 8.72. The summed E-state index contributed by atoms with van der Waals surface area (Å²) in [6.45, 7) is 8.25. The highest BCUT2D eigenvalue weighted by Gasteiger charge is 2.29. The third-order valence-electron chi connectivity index (χ3n) is 6.58. The lowest BCUT2D eigenvalue weighted by Gasteiger charge is -2.37. The zero-order valence-corrected chi connectivity index (χ0v) is 19.7. The molecule has 3 heterocycles. The third-order valence-corrected chi connectivity index (χ3v) is 6.58. The lowest BCUT2D eigenvalue weighted by Crippen LogP contribution is -2.51. The number of anilines is 1. The largest absolute Gasteiger partial charge is 0.368 e. The molecular formula is C26H28N6O2. The van der Waals surface area contributed by atoms with Crippen molar-refractivity contribution in [3.8, 4) is 5.69 Å². The normalized spacial score (nSPS) is 15.0. The standard InChI is InChI=1S/C26H28N6O2/c1-18-23-19(2)31(22-12-8-5-9-13-22)28-24(23)26(34)32(27-18)20(3)25(33)30-16-14-29(15-17-30)21-10-6-4-7-11-21/h4-13,20H,14-17H2,1-3H3. The van der Waals surface area contributed by atoms with Crippen molar-refractivity contribution in [2.24, 2.45) is 0 Å². The molecule has 0 radical (unpaired) electrons. The van der Waals surface area contributed by atoms with E-state index in [4.69, 9.17) is 0 Å². The molecule has 1 aliphatic rings. The number of carbonyl (C=O) groups excluding carboxylic acids is 1. The van der Waals surface area contributed by atoms with Crippen LogP contribution in [0.3, 0.4) is 0 Å². The number of rotatable bonds is 4. The van der Waals surface area contributed by atoms with Crippen LogP contribution in [-0.2, 0) is 4.79 Å². The Bertz CT molecular complexity index is 1390. The van der Waals surface area contributed by atoms with Gasteiger partial charge in [-0.2, -0.15) is 10.2 Å². The minimum atomic E-state index is -0.707. The fraction of sp³-hybridized carbons (Fsp3) is 0.308. The van der Waals surface area contributed by atoms with Crippen LogP contribution in [-0.4, -0.2) is 56.5 Å². The van der Waals surface area contributed by atoms with Crippen molar-refractivity contribution in [1.29, 1.82) is 0 Å². The first-order chi connectivity index (χ1) is 16.5. The molecule has 174 valence electrons. The number of para-hydroxylation sites is 2. The maximum absolute atomic E-state index is 13.4. The molecule has 1 aliphatic heterocycles. The first-order valence-electron chi connectivity index (χ1n) is 11.6. The predicted molar refractivity (Wildman–Crippen MR) is 133 cm³/mol. The molecule has 1 saturated heterocycles. The Labute approximate surface area is 198 Å². The minimum absolute atomic E-state index is 0.0970. The van der Waals surface area contributed by atoms with Gasteiger partial charge in [-0.15, -0.1) is 0 Å². The van der Waals surface area contributed by atoms with Crippen molar-refractivity contribution >= 4 is 22.5 Å². The number of aromatic nitrogens is 4. The molecule has 8 heteroatoms. The summed E-state index contributed by atoms with van der Waals surface area (Å²) in [5.74, 6) is -0.0970. The molecule has 1 unspecified atom stereocenters. The summed E-state index contributed by atoms with van der Waals surface area (Å²) >= 11 is 0. The Morgan fingerprint density at radius 1 is 0.853 bits per heavy atom. The Hall–Kier alpha value is -3.94. The minimum Gasteiger partial charge on any atom is -0.368 e. The van der Waals surface area contributed by atoms with Gasteiger partial charge in [0.15, 0.2) is 5.52 Å². The van der Waals surface area contributed by atoms with E-state index < -0.39 is 6.04 Å². The van der Waals surface area contributed by atoms with Crippen molar-refractivity contribution in [2.45, 2.75) is 26.8 Å². The van der Waals surface area contributed by atoms with Gasteiger partial charge in [0.2, 0.25) is 5.91 Å². The van der Waals surface area contributed by atoms with Gasteiger partial charge in [-0.1, -0.05) is 36.4 Å². The number of hydrogen-bond acceptors (Lipinski definition) is 5. The van der Waals surface area contributed by atoms with Gasteiger partial charge in [0.05, 0.1) is 22.5 Å². The maximum atomic E-state index is 13.4. The van der Waals surface area contributed by atoms with Crippen LogP contribution in [0.25, 0.3) is 16.6 Å². The van der Waals surface area contributed by atoms with E-state index in [0.29, 0.717) is 24.3 Å². The lowest BCUT2D eigenvalue weighted by atomic mass is 10.2. The van der Waals surface area contributed by atoms with Crippen molar-refractivity contribution < 1.29 is 4.79 Å². The van der Waals surface area contributed by atoms with E-state index in [1.54, 1.807) is 11.6 Å². The van der Waals surface area contributed by atoms with E-state index in [9.17, 15) is 9.59 Å². The second-order valence-corrected chi connectivity index (χ2v) is 8.72. The van der Waals surface area contributed by atoms with Crippen LogP contribution in [0.4, 0.5) is 5.69 Å². The first kappa shape index (κ1) is 21.9. The van der Waals surface area contributed by atoms with E-state index in [0.717, 1.165) is 35.5 Å². The lowest BCUT2D eigenvalue weighted by molar-refractivity contribution is -0.135. The molecule has 8 nitrogen and oxygen atoms in total. The number of carbonyl (C=O) groups is 1. The quantitative estimate of drug-likeness (QED) is 0.472. The summed E-state index contributed by atoms with van der Waals surface area (Å²) in [5, 5.41) is 9.89. The van der Waals surface area contributed by atoms with Gasteiger partial charge in [0.25, 0.3) is 5.56 Å². The summed E-state index contributed by atoms with van der Waals surface area (Å²) in [5.41, 5.74) is 3.56. The van der Waals surface area contributed by atoms with Crippen molar-refractivity contribution in [1.82, 2.24) is 24.5 Å². The van der Waals surface area contributed by atoms with Gasteiger partial charge >= 0.3 is 0 Å². The molecule has 0 N–H and O–H groups in total. The molecule has 2 aromatic carbocycles. The SMILES string of the molecule is Cc1nn(C(C)C(=O)N2CCN(c3ccccc3)CC2)c(=O)c2nn(-c3ccccc3)c(C)c12. The molecular weight excluding hydrogens is 428 g/mol. The third kappa shape index (κ3) is 3.75. The van der Waals surface area contributed by atoms with Crippen LogP contribution in [0.1, 0.15) is 24.4 Å². The second kappa shape index (κ2) is 8.78. The van der Waals surface area contributed by atoms with Gasteiger partial charge < -0.3 is 9.80 Å². The van der Waals surface area contributed by atoms with Crippen LogP contribution >= 0.6 is 0 Å². The molecule has 0 bridgehead atoms. The van der Waals surface area contributed by atoms with Crippen molar-refractivity contribution in [3.05, 3.63) is 82.4 Å². The van der Waals surface area contributed by atoms with Crippen LogP contribution in [0, 0.1) is 13.8 Å². The fourth-order valence-electron chi connectivity index (χ4n) is 4.73. The van der Waals surface area contributed by atoms with Crippen LogP contribution in [0.15, 0.2) is 65.5 Å².